The standard InChI is InChI=1S/C27H28FN7O2/c1-33-10-12-35(13-11-33)21-5-3-4-20(14-21)31-27(36)32-25-7-6-22(15-24(25)28)37-23-8-9-29-26(16-23)19-17-30-34(2)18-19/h3-9,14-18H,10-13H2,1-2H3,(H2,31,32,36). The number of carbonyl (C=O) groups excluding carboxylic acids is 1. The van der Waals surface area contributed by atoms with E-state index in [1.54, 1.807) is 41.3 Å². The molecule has 3 heterocycles. The van der Waals surface area contributed by atoms with Gasteiger partial charge in [0.1, 0.15) is 17.3 Å². The number of piperazine rings is 1. The van der Waals surface area contributed by atoms with Crippen molar-refractivity contribution in [2.24, 2.45) is 7.05 Å². The number of pyridine rings is 1. The molecular formula is C27H28FN7O2. The highest BCUT2D eigenvalue weighted by Gasteiger charge is 2.15. The molecule has 0 unspecified atom stereocenters. The Balaban J connectivity index is 1.21. The number of rotatable bonds is 6. The summed E-state index contributed by atoms with van der Waals surface area (Å²) in [5.74, 6) is 0.194. The van der Waals surface area contributed by atoms with Crippen molar-refractivity contribution in [2.75, 3.05) is 48.8 Å². The second-order valence-electron chi connectivity index (χ2n) is 8.94. The zero-order valence-corrected chi connectivity index (χ0v) is 20.7. The van der Waals surface area contributed by atoms with Crippen LogP contribution in [0.25, 0.3) is 11.3 Å². The summed E-state index contributed by atoms with van der Waals surface area (Å²) in [6, 6.07) is 14.9. The van der Waals surface area contributed by atoms with E-state index in [9.17, 15) is 9.18 Å². The molecule has 0 saturated carbocycles. The lowest BCUT2D eigenvalue weighted by molar-refractivity contribution is 0.262. The van der Waals surface area contributed by atoms with Gasteiger partial charge in [-0.15, -0.1) is 0 Å². The molecule has 0 aliphatic carbocycles. The molecule has 1 fully saturated rings. The highest BCUT2D eigenvalue weighted by molar-refractivity contribution is 6.00. The summed E-state index contributed by atoms with van der Waals surface area (Å²) in [4.78, 5) is 21.5. The number of carbonyl (C=O) groups is 1. The second kappa shape index (κ2) is 10.7. The molecule has 1 saturated heterocycles. The molecule has 0 radical (unpaired) electrons. The Bertz CT molecular complexity index is 1400. The van der Waals surface area contributed by atoms with Crippen LogP contribution in [0.3, 0.4) is 0 Å². The van der Waals surface area contributed by atoms with Crippen LogP contribution in [0.5, 0.6) is 11.5 Å². The maximum atomic E-state index is 14.8. The molecule has 9 nitrogen and oxygen atoms in total. The van der Waals surface area contributed by atoms with E-state index in [0.717, 1.165) is 37.4 Å². The number of hydrogen-bond acceptors (Lipinski definition) is 6. The van der Waals surface area contributed by atoms with E-state index in [0.29, 0.717) is 22.9 Å². The number of nitrogens with zero attached hydrogens (tertiary/aromatic N) is 5. The van der Waals surface area contributed by atoms with Gasteiger partial charge in [-0.2, -0.15) is 5.10 Å². The van der Waals surface area contributed by atoms with Crippen LogP contribution in [-0.2, 0) is 7.05 Å². The topological polar surface area (TPSA) is 87.6 Å². The van der Waals surface area contributed by atoms with Gasteiger partial charge >= 0.3 is 6.03 Å². The number of halogens is 1. The summed E-state index contributed by atoms with van der Waals surface area (Å²) < 4.78 is 22.3. The number of nitrogens with one attached hydrogen (secondary N) is 2. The highest BCUT2D eigenvalue weighted by atomic mass is 19.1. The summed E-state index contributed by atoms with van der Waals surface area (Å²) in [7, 11) is 3.93. The molecule has 37 heavy (non-hydrogen) atoms. The molecule has 5 rings (SSSR count). The Morgan fingerprint density at radius 2 is 1.78 bits per heavy atom. The van der Waals surface area contributed by atoms with Gasteiger partial charge in [0.25, 0.3) is 0 Å². The minimum absolute atomic E-state index is 0.0471. The monoisotopic (exact) mass is 501 g/mol. The number of ether oxygens (including phenoxy) is 1. The molecule has 190 valence electrons. The summed E-state index contributed by atoms with van der Waals surface area (Å²) in [5, 5.41) is 9.50. The van der Waals surface area contributed by atoms with Crippen LogP contribution in [0.2, 0.25) is 0 Å². The van der Waals surface area contributed by atoms with Crippen LogP contribution in [0, 0.1) is 5.82 Å². The maximum Gasteiger partial charge on any atom is 0.323 e. The quantitative estimate of drug-likeness (QED) is 0.394. The Kier molecular flexibility index (Phi) is 7.00. The summed E-state index contributed by atoms with van der Waals surface area (Å²) in [6.07, 6.45) is 5.17. The number of amides is 2. The fourth-order valence-electron chi connectivity index (χ4n) is 4.11. The van der Waals surface area contributed by atoms with Gasteiger partial charge in [0.15, 0.2) is 0 Å². The molecule has 2 aromatic carbocycles. The van der Waals surface area contributed by atoms with Crippen LogP contribution in [0.15, 0.2) is 73.2 Å². The van der Waals surface area contributed by atoms with Crippen molar-refractivity contribution in [3.8, 4) is 22.8 Å². The number of benzene rings is 2. The number of hydrogen-bond donors (Lipinski definition) is 2. The van der Waals surface area contributed by atoms with Crippen LogP contribution in [0.4, 0.5) is 26.2 Å². The molecule has 0 atom stereocenters. The first kappa shape index (κ1) is 24.3. The van der Waals surface area contributed by atoms with E-state index in [1.165, 1.54) is 12.1 Å². The molecule has 4 aromatic rings. The SMILES string of the molecule is CN1CCN(c2cccc(NC(=O)Nc3ccc(Oc4ccnc(-c5cnn(C)c5)c4)cc3F)c2)CC1. The first-order valence-corrected chi connectivity index (χ1v) is 12.0. The molecule has 2 amide bonds. The fraction of sp³-hybridized carbons (Fsp3) is 0.222. The number of aryl methyl sites for hydroxylation is 1. The molecule has 0 bridgehead atoms. The number of anilines is 3. The van der Waals surface area contributed by atoms with Crippen LogP contribution < -0.4 is 20.3 Å². The van der Waals surface area contributed by atoms with Gasteiger partial charge < -0.3 is 25.2 Å². The van der Waals surface area contributed by atoms with Crippen molar-refractivity contribution in [3.05, 3.63) is 79.0 Å². The van der Waals surface area contributed by atoms with E-state index >= 15 is 0 Å². The molecule has 0 spiro atoms. The van der Waals surface area contributed by atoms with Gasteiger partial charge in [0, 0.05) is 74.7 Å². The van der Waals surface area contributed by atoms with E-state index in [-0.39, 0.29) is 5.69 Å². The van der Waals surface area contributed by atoms with Crippen molar-refractivity contribution in [1.82, 2.24) is 19.7 Å². The Morgan fingerprint density at radius 1 is 0.973 bits per heavy atom. The minimum Gasteiger partial charge on any atom is -0.457 e. The van der Waals surface area contributed by atoms with E-state index in [4.69, 9.17) is 4.74 Å². The van der Waals surface area contributed by atoms with Gasteiger partial charge in [-0.25, -0.2) is 9.18 Å². The number of urea groups is 1. The third-order valence-electron chi connectivity index (χ3n) is 6.13. The lowest BCUT2D eigenvalue weighted by Crippen LogP contribution is -2.44. The number of aromatic nitrogens is 3. The van der Waals surface area contributed by atoms with Crippen molar-refractivity contribution in [3.63, 3.8) is 0 Å². The van der Waals surface area contributed by atoms with Crippen molar-refractivity contribution in [1.29, 1.82) is 0 Å². The van der Waals surface area contributed by atoms with Crippen molar-refractivity contribution >= 4 is 23.1 Å². The van der Waals surface area contributed by atoms with Crippen LogP contribution >= 0.6 is 0 Å². The van der Waals surface area contributed by atoms with E-state index < -0.39 is 11.8 Å². The van der Waals surface area contributed by atoms with Crippen molar-refractivity contribution in [2.45, 2.75) is 0 Å². The first-order valence-electron chi connectivity index (χ1n) is 12.0. The average molecular weight is 502 g/mol. The van der Waals surface area contributed by atoms with E-state index in [1.807, 2.05) is 31.4 Å². The van der Waals surface area contributed by atoms with Gasteiger partial charge in [0.2, 0.25) is 0 Å². The molecule has 2 N–H and O–H groups in total. The van der Waals surface area contributed by atoms with Crippen molar-refractivity contribution < 1.29 is 13.9 Å². The van der Waals surface area contributed by atoms with Gasteiger partial charge in [-0.1, -0.05) is 6.07 Å². The normalized spacial score (nSPS) is 13.9. The third-order valence-corrected chi connectivity index (χ3v) is 6.13. The van der Waals surface area contributed by atoms with E-state index in [2.05, 4.69) is 37.6 Å². The Labute approximate surface area is 214 Å². The highest BCUT2D eigenvalue weighted by Crippen LogP contribution is 2.28. The van der Waals surface area contributed by atoms with Gasteiger partial charge in [-0.05, 0) is 43.4 Å². The fourth-order valence-corrected chi connectivity index (χ4v) is 4.11. The number of likely N-dealkylation sites (N-methyl/N-ethyl adjacent to an activating group) is 1. The van der Waals surface area contributed by atoms with Crippen LogP contribution in [0.1, 0.15) is 0 Å². The zero-order valence-electron chi connectivity index (χ0n) is 20.7. The predicted molar refractivity (Wildman–Crippen MR) is 142 cm³/mol. The van der Waals surface area contributed by atoms with Gasteiger partial charge in [0.05, 0.1) is 17.6 Å². The van der Waals surface area contributed by atoms with Crippen LogP contribution in [-0.4, -0.2) is 58.9 Å². The lowest BCUT2D eigenvalue weighted by Gasteiger charge is -2.34. The molecule has 2 aromatic heterocycles. The summed E-state index contributed by atoms with van der Waals surface area (Å²) in [6.45, 7) is 3.83. The first-order chi connectivity index (χ1) is 17.9. The maximum absolute atomic E-state index is 14.8. The molecule has 1 aliphatic rings. The largest absolute Gasteiger partial charge is 0.457 e. The lowest BCUT2D eigenvalue weighted by atomic mass is 10.2. The Hall–Kier alpha value is -4.44. The predicted octanol–water partition coefficient (Wildman–Crippen LogP) is 4.81. The summed E-state index contributed by atoms with van der Waals surface area (Å²) in [5.41, 5.74) is 3.26. The smallest absolute Gasteiger partial charge is 0.323 e. The zero-order chi connectivity index (χ0) is 25.8. The summed E-state index contributed by atoms with van der Waals surface area (Å²) >= 11 is 0. The molecular weight excluding hydrogens is 473 g/mol. The molecule has 10 heteroatoms. The average Bonchev–Trinajstić information content (AvgIpc) is 3.33. The molecule has 1 aliphatic heterocycles. The second-order valence-corrected chi connectivity index (χ2v) is 8.94. The third kappa shape index (κ3) is 6.04. The Morgan fingerprint density at radius 3 is 2.54 bits per heavy atom. The van der Waals surface area contributed by atoms with Gasteiger partial charge in [-0.3, -0.25) is 9.67 Å². The minimum atomic E-state index is -0.611.